The molecule has 2 unspecified atom stereocenters. The Morgan fingerprint density at radius 1 is 0.566 bits per heavy atom. The molecule has 0 aromatic heterocycles. The summed E-state index contributed by atoms with van der Waals surface area (Å²) < 4.78 is 0.476. The van der Waals surface area contributed by atoms with Crippen LogP contribution < -0.4 is 10.4 Å². The van der Waals surface area contributed by atoms with Gasteiger partial charge in [0.25, 0.3) is 0 Å². The Hall–Kier alpha value is -3.84. The van der Waals surface area contributed by atoms with Crippen LogP contribution in [0, 0.1) is 0 Å². The standard InChI is InChI=1S/C39H41.C12H11Si.Zr/c1-8-13-26-23-33-29(25-14-10-9-11-15-25)16-12-17-32(33)36(26)37-34-24-27-22-28(38(2,3)4)18-19-30(27)31(34)20-21-35(37)39(5,6)7;1-3-7-11(8-4-1)13-12-9-5-2-6-10-12;/h9-12,14-24,36H,8,13H2,1-7H3;1-10,13H;. The molecular weight excluding hydrogens is 732 g/mol. The molecule has 53 heavy (non-hydrogen) atoms. The maximum absolute atomic E-state index is 2.64. The van der Waals surface area contributed by atoms with Crippen molar-refractivity contribution in [2.45, 2.75) is 81.7 Å². The molecule has 0 saturated heterocycles. The van der Waals surface area contributed by atoms with E-state index in [2.05, 4.69) is 194 Å². The predicted molar refractivity (Wildman–Crippen MR) is 227 cm³/mol. The molecule has 0 bridgehead atoms. The third kappa shape index (κ3) is 6.77. The fourth-order valence-corrected chi connectivity index (χ4v) is 23.7. The van der Waals surface area contributed by atoms with Gasteiger partial charge >= 0.3 is 333 Å². The van der Waals surface area contributed by atoms with Crippen LogP contribution in [0.5, 0.6) is 0 Å². The minimum absolute atomic E-state index is 0.00188. The number of hydrogen-bond donors (Lipinski definition) is 0. The van der Waals surface area contributed by atoms with Gasteiger partial charge < -0.3 is 0 Å². The topological polar surface area (TPSA) is 0 Å². The van der Waals surface area contributed by atoms with Gasteiger partial charge in [0.15, 0.2) is 0 Å². The van der Waals surface area contributed by atoms with E-state index in [9.17, 15) is 0 Å². The van der Waals surface area contributed by atoms with Gasteiger partial charge in [0.1, 0.15) is 0 Å². The monoisotopic (exact) mass is 782 g/mol. The molecule has 2 heteroatoms. The van der Waals surface area contributed by atoms with Crippen LogP contribution in [-0.2, 0) is 33.2 Å². The van der Waals surface area contributed by atoms with E-state index < -0.39 is 28.3 Å². The molecule has 0 nitrogen and oxygen atoms in total. The first-order valence-corrected chi connectivity index (χ1v) is 27.0. The van der Waals surface area contributed by atoms with E-state index in [1.165, 1.54) is 44.5 Å². The summed E-state index contributed by atoms with van der Waals surface area (Å²) in [6.45, 7) is 16.8. The van der Waals surface area contributed by atoms with Crippen molar-refractivity contribution in [3.05, 3.63) is 184 Å². The molecule has 0 fully saturated rings. The Labute approximate surface area is 330 Å². The van der Waals surface area contributed by atoms with Gasteiger partial charge in [0.05, 0.1) is 0 Å². The number of fused-ring (bicyclic) bond motifs is 4. The SMILES string of the molecule is CCCC1=Cc2c(-c3ccccc3)cccc2C1c1c(C(C)(C)C)ccc2c1[CH]([Zr][SiH](c1ccccc1)c1ccccc1)c1cc(C(C)(C)C)ccc1-2. The Morgan fingerprint density at radius 3 is 1.79 bits per heavy atom. The predicted octanol–water partition coefficient (Wildman–Crippen LogP) is 12.0. The molecule has 264 valence electrons. The molecule has 2 atom stereocenters. The molecule has 6 aromatic rings. The molecule has 0 radical (unpaired) electrons. The van der Waals surface area contributed by atoms with Crippen molar-refractivity contribution in [1.29, 1.82) is 0 Å². The average molecular weight is 784 g/mol. The Balaban J connectivity index is 1.41. The molecule has 0 saturated carbocycles. The summed E-state index contributed by atoms with van der Waals surface area (Å²) in [6, 6.07) is 54.0. The molecule has 0 aliphatic heterocycles. The zero-order valence-corrected chi connectivity index (χ0v) is 36.1. The molecule has 0 N–H and O–H groups in total. The van der Waals surface area contributed by atoms with Crippen molar-refractivity contribution >= 4 is 22.4 Å². The Kier molecular flexibility index (Phi) is 9.84. The van der Waals surface area contributed by atoms with E-state index in [0.29, 0.717) is 3.63 Å². The van der Waals surface area contributed by atoms with E-state index in [4.69, 9.17) is 0 Å². The molecule has 0 spiro atoms. The van der Waals surface area contributed by atoms with Crippen LogP contribution in [0.2, 0.25) is 0 Å². The first-order valence-electron chi connectivity index (χ1n) is 19.6. The van der Waals surface area contributed by atoms with Crippen LogP contribution >= 0.6 is 0 Å². The van der Waals surface area contributed by atoms with Crippen LogP contribution in [0.4, 0.5) is 0 Å². The summed E-state index contributed by atoms with van der Waals surface area (Å²) in [6.07, 6.45) is 4.85. The van der Waals surface area contributed by atoms with Crippen molar-refractivity contribution in [3.8, 4) is 22.3 Å². The first kappa shape index (κ1) is 36.2. The van der Waals surface area contributed by atoms with Crippen molar-refractivity contribution in [1.82, 2.24) is 0 Å². The van der Waals surface area contributed by atoms with Crippen LogP contribution in [0.3, 0.4) is 0 Å². The second-order valence-corrected chi connectivity index (χ2v) is 27.9. The minimum atomic E-state index is -1.48. The molecular formula is C51H52SiZr. The van der Waals surface area contributed by atoms with Gasteiger partial charge in [-0.15, -0.1) is 0 Å². The van der Waals surface area contributed by atoms with Crippen LogP contribution in [0.25, 0.3) is 28.3 Å². The van der Waals surface area contributed by atoms with E-state index in [0.717, 1.165) is 12.8 Å². The van der Waals surface area contributed by atoms with Crippen molar-refractivity contribution in [2.75, 3.05) is 0 Å². The number of allylic oxidation sites excluding steroid dienone is 1. The van der Waals surface area contributed by atoms with Gasteiger partial charge in [-0.25, -0.2) is 0 Å². The van der Waals surface area contributed by atoms with E-state index in [1.807, 2.05) is 0 Å². The second-order valence-electron chi connectivity index (χ2n) is 17.2. The van der Waals surface area contributed by atoms with Gasteiger partial charge in [-0.3, -0.25) is 0 Å². The quantitative estimate of drug-likeness (QED) is 0.135. The fourth-order valence-electron chi connectivity index (χ4n) is 9.01. The fraction of sp³-hybridized carbons (Fsp3) is 0.255. The molecule has 2 aliphatic rings. The Morgan fingerprint density at radius 2 is 1.19 bits per heavy atom. The van der Waals surface area contributed by atoms with Gasteiger partial charge in [-0.1, -0.05) is 0 Å². The average Bonchev–Trinajstić information content (AvgIpc) is 3.68. The molecule has 8 rings (SSSR count). The van der Waals surface area contributed by atoms with E-state index in [1.54, 1.807) is 32.6 Å². The summed E-state index contributed by atoms with van der Waals surface area (Å²) in [5.41, 5.74) is 18.1. The third-order valence-corrected chi connectivity index (χ3v) is 25.6. The van der Waals surface area contributed by atoms with Gasteiger partial charge in [-0.2, -0.15) is 0 Å². The van der Waals surface area contributed by atoms with Crippen LogP contribution in [0.1, 0.15) is 110 Å². The summed E-state index contributed by atoms with van der Waals surface area (Å²) in [5, 5.41) is 3.21. The summed E-state index contributed by atoms with van der Waals surface area (Å²) >= 11 is -1.13. The third-order valence-electron chi connectivity index (χ3n) is 11.6. The molecule has 6 aromatic carbocycles. The first-order chi connectivity index (χ1) is 25.5. The summed E-state index contributed by atoms with van der Waals surface area (Å²) in [4.78, 5) is 0. The second kappa shape index (κ2) is 14.4. The molecule has 0 heterocycles. The zero-order valence-electron chi connectivity index (χ0n) is 32.5. The van der Waals surface area contributed by atoms with Gasteiger partial charge in [-0.05, 0) is 0 Å². The summed E-state index contributed by atoms with van der Waals surface area (Å²) in [7, 11) is 0. The number of rotatable bonds is 8. The van der Waals surface area contributed by atoms with E-state index in [-0.39, 0.29) is 16.7 Å². The van der Waals surface area contributed by atoms with Crippen molar-refractivity contribution in [2.24, 2.45) is 0 Å². The summed E-state index contributed by atoms with van der Waals surface area (Å²) in [5.74, 6) is -1.23. The van der Waals surface area contributed by atoms with Crippen LogP contribution in [-0.4, -0.2) is 5.92 Å². The van der Waals surface area contributed by atoms with Gasteiger partial charge in [0.2, 0.25) is 0 Å². The van der Waals surface area contributed by atoms with Gasteiger partial charge in [0, 0.05) is 0 Å². The van der Waals surface area contributed by atoms with E-state index >= 15 is 0 Å². The Bertz CT molecular complexity index is 2250. The van der Waals surface area contributed by atoms with Crippen molar-refractivity contribution in [3.63, 3.8) is 0 Å². The molecule has 0 amide bonds. The normalized spacial score (nSPS) is 16.3. The zero-order chi connectivity index (χ0) is 36.9. The van der Waals surface area contributed by atoms with Crippen LogP contribution in [0.15, 0.2) is 145 Å². The molecule has 2 aliphatic carbocycles. The van der Waals surface area contributed by atoms with Crippen molar-refractivity contribution < 1.29 is 22.4 Å². The number of benzene rings is 6. The maximum atomic E-state index is 2.64. The number of hydrogen-bond acceptors (Lipinski definition) is 0.